The first kappa shape index (κ1) is 22.4. The third kappa shape index (κ3) is 4.00. The fourth-order valence-corrected chi connectivity index (χ4v) is 4.48. The quantitative estimate of drug-likeness (QED) is 0.475. The van der Waals surface area contributed by atoms with Gasteiger partial charge in [-0.3, -0.25) is 14.6 Å². The third-order valence-electron chi connectivity index (χ3n) is 6.08. The minimum Gasteiger partial charge on any atom is -0.375 e. The maximum Gasteiger partial charge on any atom is 0.264 e. The Morgan fingerprint density at radius 1 is 1.12 bits per heavy atom. The second-order valence-electron chi connectivity index (χ2n) is 8.59. The van der Waals surface area contributed by atoms with Gasteiger partial charge in [-0.15, -0.1) is 0 Å². The SMILES string of the molecule is Cc1ccc(C(C)C)cc1CN1C(=O)[C@](O)(CC(=O)c2ccncc2)c2cc(Br)ccc21. The Labute approximate surface area is 196 Å². The lowest BCUT2D eigenvalue weighted by Gasteiger charge is -2.24. The molecule has 5 nitrogen and oxygen atoms in total. The van der Waals surface area contributed by atoms with E-state index < -0.39 is 11.5 Å². The summed E-state index contributed by atoms with van der Waals surface area (Å²) in [4.78, 5) is 32.0. The van der Waals surface area contributed by atoms with Crippen LogP contribution < -0.4 is 4.90 Å². The number of aromatic nitrogens is 1. The second kappa shape index (κ2) is 8.60. The van der Waals surface area contributed by atoms with Crippen molar-refractivity contribution in [2.45, 2.75) is 45.3 Å². The van der Waals surface area contributed by atoms with Crippen molar-refractivity contribution < 1.29 is 14.7 Å². The second-order valence-corrected chi connectivity index (χ2v) is 9.51. The molecule has 1 aromatic heterocycles. The smallest absolute Gasteiger partial charge is 0.264 e. The van der Waals surface area contributed by atoms with E-state index in [-0.39, 0.29) is 12.2 Å². The Balaban J connectivity index is 1.73. The van der Waals surface area contributed by atoms with Crippen molar-refractivity contribution >= 4 is 33.3 Å². The van der Waals surface area contributed by atoms with Gasteiger partial charge in [0.2, 0.25) is 0 Å². The Hall–Kier alpha value is -2.83. The molecule has 2 heterocycles. The van der Waals surface area contributed by atoms with Crippen molar-refractivity contribution in [3.8, 4) is 0 Å². The first-order valence-electron chi connectivity index (χ1n) is 10.6. The number of fused-ring (bicyclic) bond motifs is 1. The fraction of sp³-hybridized carbons (Fsp3) is 0.269. The average molecular weight is 493 g/mol. The number of benzene rings is 2. The van der Waals surface area contributed by atoms with E-state index in [0.29, 0.717) is 29.3 Å². The number of anilines is 1. The molecule has 0 radical (unpaired) electrons. The van der Waals surface area contributed by atoms with E-state index >= 15 is 0 Å². The van der Waals surface area contributed by atoms with E-state index in [1.807, 2.05) is 19.1 Å². The highest BCUT2D eigenvalue weighted by atomic mass is 79.9. The van der Waals surface area contributed by atoms with Crippen LogP contribution in [0.15, 0.2) is 65.4 Å². The average Bonchev–Trinajstić information content (AvgIpc) is 2.97. The zero-order chi connectivity index (χ0) is 23.0. The standard InChI is InChI=1S/C26H25BrN2O3/c1-16(2)19-5-4-17(3)20(12-19)15-29-23-7-6-21(27)13-22(23)26(32,25(29)31)14-24(30)18-8-10-28-11-9-18/h4-13,16,32H,14-15H2,1-3H3/t26-/m0/s1. The molecule has 0 aliphatic carbocycles. The molecular formula is C26H25BrN2O3. The van der Waals surface area contributed by atoms with Gasteiger partial charge in [0.1, 0.15) is 0 Å². The molecule has 32 heavy (non-hydrogen) atoms. The normalized spacial score (nSPS) is 17.7. The van der Waals surface area contributed by atoms with Gasteiger partial charge in [-0.05, 0) is 59.9 Å². The molecule has 4 rings (SSSR count). The molecule has 1 amide bonds. The molecular weight excluding hydrogens is 468 g/mol. The number of aliphatic hydroxyl groups is 1. The number of carbonyl (C=O) groups excluding carboxylic acids is 2. The van der Waals surface area contributed by atoms with Crippen LogP contribution in [0.2, 0.25) is 0 Å². The lowest BCUT2D eigenvalue weighted by atomic mass is 9.88. The summed E-state index contributed by atoms with van der Waals surface area (Å²) in [7, 11) is 0. The number of ketones is 1. The van der Waals surface area contributed by atoms with E-state index in [9.17, 15) is 14.7 Å². The van der Waals surface area contributed by atoms with Crippen molar-refractivity contribution in [1.82, 2.24) is 4.98 Å². The van der Waals surface area contributed by atoms with Gasteiger partial charge in [0, 0.05) is 28.0 Å². The highest BCUT2D eigenvalue weighted by Gasteiger charge is 2.51. The Morgan fingerprint density at radius 2 is 1.84 bits per heavy atom. The van der Waals surface area contributed by atoms with Crippen LogP contribution >= 0.6 is 15.9 Å². The van der Waals surface area contributed by atoms with Crippen LogP contribution in [0.3, 0.4) is 0 Å². The van der Waals surface area contributed by atoms with Gasteiger partial charge in [0.15, 0.2) is 11.4 Å². The van der Waals surface area contributed by atoms with Crippen molar-refractivity contribution in [1.29, 1.82) is 0 Å². The lowest BCUT2D eigenvalue weighted by Crippen LogP contribution is -2.41. The number of hydrogen-bond donors (Lipinski definition) is 1. The van der Waals surface area contributed by atoms with Crippen LogP contribution in [-0.2, 0) is 16.9 Å². The molecule has 3 aromatic rings. The number of rotatable bonds is 6. The molecule has 0 saturated carbocycles. The van der Waals surface area contributed by atoms with Gasteiger partial charge in [-0.25, -0.2) is 0 Å². The molecule has 1 aliphatic rings. The molecule has 1 atom stereocenters. The molecule has 2 aromatic carbocycles. The number of aryl methyl sites for hydroxylation is 1. The summed E-state index contributed by atoms with van der Waals surface area (Å²) in [6.07, 6.45) is 2.71. The minimum absolute atomic E-state index is 0.311. The molecule has 0 bridgehead atoms. The first-order chi connectivity index (χ1) is 15.2. The molecule has 6 heteroatoms. The first-order valence-corrected chi connectivity index (χ1v) is 11.4. The van der Waals surface area contributed by atoms with Gasteiger partial charge in [-0.2, -0.15) is 0 Å². The molecule has 1 aliphatic heterocycles. The summed E-state index contributed by atoms with van der Waals surface area (Å²) in [5.41, 5.74) is 2.83. The van der Waals surface area contributed by atoms with Crippen LogP contribution in [0, 0.1) is 6.92 Å². The number of nitrogens with zero attached hydrogens (tertiary/aromatic N) is 2. The Bertz CT molecular complexity index is 1190. The summed E-state index contributed by atoms with van der Waals surface area (Å²) in [5.74, 6) is -0.432. The van der Waals surface area contributed by atoms with Crippen molar-refractivity contribution in [2.75, 3.05) is 4.90 Å². The monoisotopic (exact) mass is 492 g/mol. The molecule has 0 fully saturated rings. The number of amides is 1. The topological polar surface area (TPSA) is 70.5 Å². The Kier molecular flexibility index (Phi) is 6.01. The number of carbonyl (C=O) groups is 2. The number of hydrogen-bond acceptors (Lipinski definition) is 4. The van der Waals surface area contributed by atoms with E-state index in [4.69, 9.17) is 0 Å². The number of Topliss-reactive ketones (excluding diaryl/α,β-unsaturated/α-hetero) is 1. The lowest BCUT2D eigenvalue weighted by molar-refractivity contribution is -0.136. The summed E-state index contributed by atoms with van der Waals surface area (Å²) in [6, 6.07) is 14.8. The molecule has 164 valence electrons. The van der Waals surface area contributed by atoms with E-state index in [2.05, 4.69) is 53.0 Å². The van der Waals surface area contributed by atoms with Gasteiger partial charge < -0.3 is 10.0 Å². The van der Waals surface area contributed by atoms with Crippen molar-refractivity contribution in [3.05, 3.63) is 93.2 Å². The summed E-state index contributed by atoms with van der Waals surface area (Å²) in [6.45, 7) is 6.60. The van der Waals surface area contributed by atoms with Crippen LogP contribution in [0.25, 0.3) is 0 Å². The zero-order valence-electron chi connectivity index (χ0n) is 18.3. The van der Waals surface area contributed by atoms with Gasteiger partial charge >= 0.3 is 0 Å². The highest BCUT2D eigenvalue weighted by Crippen LogP contribution is 2.45. The molecule has 0 saturated heterocycles. The zero-order valence-corrected chi connectivity index (χ0v) is 19.9. The summed E-state index contributed by atoms with van der Waals surface area (Å²) in [5, 5.41) is 11.6. The van der Waals surface area contributed by atoms with Crippen LogP contribution in [-0.4, -0.2) is 21.8 Å². The van der Waals surface area contributed by atoms with Crippen molar-refractivity contribution in [2.24, 2.45) is 0 Å². The van der Waals surface area contributed by atoms with Crippen LogP contribution in [0.4, 0.5) is 5.69 Å². The predicted molar refractivity (Wildman–Crippen MR) is 128 cm³/mol. The maximum atomic E-state index is 13.6. The van der Waals surface area contributed by atoms with E-state index in [0.717, 1.165) is 15.6 Å². The van der Waals surface area contributed by atoms with Crippen LogP contribution in [0.1, 0.15) is 58.8 Å². The summed E-state index contributed by atoms with van der Waals surface area (Å²) >= 11 is 3.44. The summed E-state index contributed by atoms with van der Waals surface area (Å²) < 4.78 is 0.735. The molecule has 0 unspecified atom stereocenters. The number of halogens is 1. The predicted octanol–water partition coefficient (Wildman–Crippen LogP) is 5.28. The largest absolute Gasteiger partial charge is 0.375 e. The van der Waals surface area contributed by atoms with Gasteiger partial charge in [0.25, 0.3) is 5.91 Å². The Morgan fingerprint density at radius 3 is 2.53 bits per heavy atom. The van der Waals surface area contributed by atoms with Gasteiger partial charge in [0.05, 0.1) is 18.7 Å². The molecule has 1 N–H and O–H groups in total. The van der Waals surface area contributed by atoms with Crippen molar-refractivity contribution in [3.63, 3.8) is 0 Å². The molecule has 0 spiro atoms. The third-order valence-corrected chi connectivity index (χ3v) is 6.57. The highest BCUT2D eigenvalue weighted by molar-refractivity contribution is 9.10. The van der Waals surface area contributed by atoms with Gasteiger partial charge in [-0.1, -0.05) is 48.0 Å². The fourth-order valence-electron chi connectivity index (χ4n) is 4.11. The number of pyridine rings is 1. The van der Waals surface area contributed by atoms with Crippen LogP contribution in [0.5, 0.6) is 0 Å². The maximum absolute atomic E-state index is 13.6. The minimum atomic E-state index is -1.93. The van der Waals surface area contributed by atoms with E-state index in [1.54, 1.807) is 23.1 Å². The van der Waals surface area contributed by atoms with E-state index in [1.165, 1.54) is 18.0 Å².